The molecule has 1 aliphatic carbocycles. The molecule has 1 saturated carbocycles. The minimum absolute atomic E-state index is 0.132. The number of nitrogens with zero attached hydrogens (tertiary/aromatic N) is 1. The Hall–Kier alpha value is -2.14. The van der Waals surface area contributed by atoms with Gasteiger partial charge in [0, 0.05) is 11.6 Å². The van der Waals surface area contributed by atoms with Crippen LogP contribution in [0.4, 0.5) is 0 Å². The summed E-state index contributed by atoms with van der Waals surface area (Å²) in [6.07, 6.45) is 2.94. The Morgan fingerprint density at radius 3 is 2.59 bits per heavy atom. The van der Waals surface area contributed by atoms with Crippen LogP contribution in [0.3, 0.4) is 0 Å². The van der Waals surface area contributed by atoms with Gasteiger partial charge in [-0.2, -0.15) is 5.10 Å². The summed E-state index contributed by atoms with van der Waals surface area (Å²) in [6, 6.07) is 9.96. The number of amides is 1. The summed E-state index contributed by atoms with van der Waals surface area (Å²) in [6.45, 7) is 2.04. The molecule has 0 atom stereocenters. The molecule has 0 aliphatic heterocycles. The smallest absolute Gasteiger partial charge is 0.269 e. The van der Waals surface area contributed by atoms with Gasteiger partial charge in [0.05, 0.1) is 11.8 Å². The molecule has 1 amide bonds. The van der Waals surface area contributed by atoms with E-state index in [4.69, 9.17) is 0 Å². The molecule has 3 rings (SSSR count). The molecule has 0 radical (unpaired) electrons. The number of aryl methyl sites for hydroxylation is 1. The zero-order valence-corrected chi connectivity index (χ0v) is 12.7. The summed E-state index contributed by atoms with van der Waals surface area (Å²) in [5, 5.41) is 19.5. The van der Waals surface area contributed by atoms with Gasteiger partial charge in [-0.3, -0.25) is 9.89 Å². The normalized spacial score (nSPS) is 21.5. The SMILES string of the molecule is Cc1ccc(-c2cc(C(=O)NC3CCC(O)CC3)[nH]n2)cc1. The van der Waals surface area contributed by atoms with Crippen LogP contribution in [0.1, 0.15) is 41.7 Å². The lowest BCUT2D eigenvalue weighted by Gasteiger charge is -2.25. The maximum atomic E-state index is 12.2. The average molecular weight is 299 g/mol. The predicted octanol–water partition coefficient (Wildman–Crippen LogP) is 2.42. The number of aromatic nitrogens is 2. The molecule has 0 bridgehead atoms. The Kier molecular flexibility index (Phi) is 4.24. The number of rotatable bonds is 3. The molecule has 116 valence electrons. The van der Waals surface area contributed by atoms with Crippen LogP contribution in [0.25, 0.3) is 11.3 Å². The molecule has 0 unspecified atom stereocenters. The van der Waals surface area contributed by atoms with Crippen molar-refractivity contribution in [1.82, 2.24) is 15.5 Å². The van der Waals surface area contributed by atoms with Gasteiger partial charge in [-0.1, -0.05) is 29.8 Å². The van der Waals surface area contributed by atoms with Crippen molar-refractivity contribution >= 4 is 5.91 Å². The fraction of sp³-hybridized carbons (Fsp3) is 0.412. The molecule has 3 N–H and O–H groups in total. The van der Waals surface area contributed by atoms with Crippen molar-refractivity contribution in [2.75, 3.05) is 0 Å². The highest BCUT2D eigenvalue weighted by atomic mass is 16.3. The Balaban J connectivity index is 1.65. The first-order chi connectivity index (χ1) is 10.6. The van der Waals surface area contributed by atoms with Crippen molar-refractivity contribution in [2.45, 2.75) is 44.8 Å². The Bertz CT molecular complexity index is 640. The average Bonchev–Trinajstić information content (AvgIpc) is 3.00. The number of carbonyl (C=O) groups is 1. The van der Waals surface area contributed by atoms with Gasteiger partial charge in [-0.25, -0.2) is 0 Å². The Morgan fingerprint density at radius 1 is 1.23 bits per heavy atom. The molecule has 5 nitrogen and oxygen atoms in total. The van der Waals surface area contributed by atoms with E-state index < -0.39 is 0 Å². The molecule has 5 heteroatoms. The third-order valence-electron chi connectivity index (χ3n) is 4.20. The Morgan fingerprint density at radius 2 is 1.91 bits per heavy atom. The number of aliphatic hydroxyl groups excluding tert-OH is 1. The van der Waals surface area contributed by atoms with E-state index in [1.165, 1.54) is 5.56 Å². The second-order valence-corrected chi connectivity index (χ2v) is 6.01. The van der Waals surface area contributed by atoms with Crippen LogP contribution >= 0.6 is 0 Å². The summed E-state index contributed by atoms with van der Waals surface area (Å²) in [5.74, 6) is -0.132. The summed E-state index contributed by atoms with van der Waals surface area (Å²) in [5.41, 5.74) is 3.42. The van der Waals surface area contributed by atoms with Gasteiger partial charge < -0.3 is 10.4 Å². The number of benzene rings is 1. The molecule has 0 spiro atoms. The molecule has 0 saturated heterocycles. The van der Waals surface area contributed by atoms with Crippen molar-refractivity contribution in [2.24, 2.45) is 0 Å². The van der Waals surface area contributed by atoms with Gasteiger partial charge in [0.15, 0.2) is 0 Å². The summed E-state index contributed by atoms with van der Waals surface area (Å²) in [7, 11) is 0. The van der Waals surface area contributed by atoms with Crippen LogP contribution < -0.4 is 5.32 Å². The number of aromatic amines is 1. The van der Waals surface area contributed by atoms with Gasteiger partial charge in [-0.15, -0.1) is 0 Å². The highest BCUT2D eigenvalue weighted by Crippen LogP contribution is 2.20. The molecule has 2 aromatic rings. The highest BCUT2D eigenvalue weighted by Gasteiger charge is 2.22. The van der Waals surface area contributed by atoms with Crippen LogP contribution in [0, 0.1) is 6.92 Å². The predicted molar refractivity (Wildman–Crippen MR) is 84.5 cm³/mol. The first kappa shape index (κ1) is 14.8. The Labute approximate surface area is 129 Å². The molecule has 22 heavy (non-hydrogen) atoms. The van der Waals surface area contributed by atoms with Gasteiger partial charge in [0.25, 0.3) is 5.91 Å². The standard InChI is InChI=1S/C17H21N3O2/c1-11-2-4-12(5-3-11)15-10-16(20-19-15)17(22)18-13-6-8-14(21)9-7-13/h2-5,10,13-14,21H,6-9H2,1H3,(H,18,22)(H,19,20). The zero-order valence-electron chi connectivity index (χ0n) is 12.7. The first-order valence-corrected chi connectivity index (χ1v) is 7.73. The third-order valence-corrected chi connectivity index (χ3v) is 4.20. The van der Waals surface area contributed by atoms with Crippen molar-refractivity contribution in [3.05, 3.63) is 41.6 Å². The van der Waals surface area contributed by atoms with Gasteiger partial charge in [0.1, 0.15) is 5.69 Å². The third kappa shape index (κ3) is 3.36. The summed E-state index contributed by atoms with van der Waals surface area (Å²) >= 11 is 0. The van der Waals surface area contributed by atoms with E-state index in [0.29, 0.717) is 5.69 Å². The van der Waals surface area contributed by atoms with E-state index in [-0.39, 0.29) is 18.1 Å². The number of H-pyrrole nitrogens is 1. The van der Waals surface area contributed by atoms with E-state index in [1.807, 2.05) is 31.2 Å². The number of hydrogen-bond acceptors (Lipinski definition) is 3. The van der Waals surface area contributed by atoms with Crippen LogP contribution in [-0.4, -0.2) is 33.4 Å². The van der Waals surface area contributed by atoms with Crippen molar-refractivity contribution in [3.8, 4) is 11.3 Å². The number of aliphatic hydroxyl groups is 1. The summed E-state index contributed by atoms with van der Waals surface area (Å²) in [4.78, 5) is 12.2. The molecular weight excluding hydrogens is 278 g/mol. The van der Waals surface area contributed by atoms with Gasteiger partial charge >= 0.3 is 0 Å². The molecule has 1 aromatic carbocycles. The van der Waals surface area contributed by atoms with Gasteiger partial charge in [0.2, 0.25) is 0 Å². The second kappa shape index (κ2) is 6.32. The van der Waals surface area contributed by atoms with Crippen molar-refractivity contribution in [1.29, 1.82) is 0 Å². The fourth-order valence-electron chi connectivity index (χ4n) is 2.79. The summed E-state index contributed by atoms with van der Waals surface area (Å²) < 4.78 is 0. The largest absolute Gasteiger partial charge is 0.393 e. The van der Waals surface area contributed by atoms with Crippen LogP contribution in [0.2, 0.25) is 0 Å². The lowest BCUT2D eigenvalue weighted by molar-refractivity contribution is 0.0863. The first-order valence-electron chi connectivity index (χ1n) is 7.73. The zero-order chi connectivity index (χ0) is 15.5. The molecule has 1 fully saturated rings. The van der Waals surface area contributed by atoms with E-state index in [1.54, 1.807) is 6.07 Å². The lowest BCUT2D eigenvalue weighted by atomic mass is 9.93. The van der Waals surface area contributed by atoms with Crippen LogP contribution in [0.15, 0.2) is 30.3 Å². The minimum Gasteiger partial charge on any atom is -0.393 e. The number of hydrogen-bond donors (Lipinski definition) is 3. The van der Waals surface area contributed by atoms with Crippen LogP contribution in [0.5, 0.6) is 0 Å². The monoisotopic (exact) mass is 299 g/mol. The quantitative estimate of drug-likeness (QED) is 0.814. The van der Waals surface area contributed by atoms with Crippen LogP contribution in [-0.2, 0) is 0 Å². The second-order valence-electron chi connectivity index (χ2n) is 6.01. The van der Waals surface area contributed by atoms with E-state index in [9.17, 15) is 9.90 Å². The topological polar surface area (TPSA) is 78.0 Å². The molecule has 1 heterocycles. The van der Waals surface area contributed by atoms with Crippen molar-refractivity contribution in [3.63, 3.8) is 0 Å². The highest BCUT2D eigenvalue weighted by molar-refractivity contribution is 5.93. The molecule has 1 aliphatic rings. The maximum Gasteiger partial charge on any atom is 0.269 e. The number of nitrogens with one attached hydrogen (secondary N) is 2. The molecular formula is C17H21N3O2. The van der Waals surface area contributed by atoms with Gasteiger partial charge in [-0.05, 0) is 38.7 Å². The van der Waals surface area contributed by atoms with E-state index >= 15 is 0 Å². The minimum atomic E-state index is -0.214. The molecule has 1 aromatic heterocycles. The van der Waals surface area contributed by atoms with E-state index in [2.05, 4.69) is 15.5 Å². The lowest BCUT2D eigenvalue weighted by Crippen LogP contribution is -2.38. The maximum absolute atomic E-state index is 12.2. The van der Waals surface area contributed by atoms with E-state index in [0.717, 1.165) is 36.9 Å². The number of carbonyl (C=O) groups excluding carboxylic acids is 1. The van der Waals surface area contributed by atoms with Crippen molar-refractivity contribution < 1.29 is 9.90 Å². The fourth-order valence-corrected chi connectivity index (χ4v) is 2.79.